The fourth-order valence-corrected chi connectivity index (χ4v) is 2.00. The normalized spacial score (nSPS) is 10.5. The van der Waals surface area contributed by atoms with Crippen LogP contribution < -0.4 is 10.6 Å². The summed E-state index contributed by atoms with van der Waals surface area (Å²) in [6.45, 7) is 4.54. The van der Waals surface area contributed by atoms with E-state index in [4.69, 9.17) is 9.47 Å². The third kappa shape index (κ3) is 8.64. The monoisotopic (exact) mass is 308 g/mol. The van der Waals surface area contributed by atoms with Crippen molar-refractivity contribution < 1.29 is 14.3 Å². The quantitative estimate of drug-likeness (QED) is 0.615. The summed E-state index contributed by atoms with van der Waals surface area (Å²) in [6, 6.07) is 7.51. The van der Waals surface area contributed by atoms with Crippen molar-refractivity contribution in [3.8, 4) is 0 Å². The average molecular weight is 308 g/mol. The van der Waals surface area contributed by atoms with Gasteiger partial charge in [0.15, 0.2) is 0 Å². The van der Waals surface area contributed by atoms with Crippen molar-refractivity contribution >= 4 is 11.7 Å². The van der Waals surface area contributed by atoms with Gasteiger partial charge in [0, 0.05) is 19.3 Å². The molecule has 1 aromatic rings. The van der Waals surface area contributed by atoms with Gasteiger partial charge < -0.3 is 20.1 Å². The number of methoxy groups -OCH3 is 1. The molecule has 22 heavy (non-hydrogen) atoms. The second-order valence-corrected chi connectivity index (χ2v) is 5.19. The number of benzene rings is 1. The van der Waals surface area contributed by atoms with E-state index in [1.54, 1.807) is 7.11 Å². The van der Waals surface area contributed by atoms with E-state index in [9.17, 15) is 4.79 Å². The Balaban J connectivity index is 2.27. The van der Waals surface area contributed by atoms with Gasteiger partial charge in [-0.15, -0.1) is 0 Å². The molecule has 0 atom stereocenters. The second kappa shape index (κ2) is 12.0. The van der Waals surface area contributed by atoms with E-state index in [1.807, 2.05) is 24.3 Å². The van der Waals surface area contributed by atoms with Crippen LogP contribution in [0.1, 0.15) is 38.2 Å². The molecule has 124 valence electrons. The molecule has 0 saturated heterocycles. The van der Waals surface area contributed by atoms with Crippen molar-refractivity contribution in [2.75, 3.05) is 32.2 Å². The first-order valence-electron chi connectivity index (χ1n) is 7.96. The molecule has 2 N–H and O–H groups in total. The number of hydrogen-bond acceptors (Lipinski definition) is 3. The van der Waals surface area contributed by atoms with Crippen LogP contribution in [0.2, 0.25) is 0 Å². The van der Waals surface area contributed by atoms with Gasteiger partial charge in [0.25, 0.3) is 0 Å². The minimum absolute atomic E-state index is 0.158. The lowest BCUT2D eigenvalue weighted by atomic mass is 10.2. The molecular formula is C17H28N2O3. The van der Waals surface area contributed by atoms with Crippen LogP contribution in [0, 0.1) is 0 Å². The number of carbonyl (C=O) groups is 1. The van der Waals surface area contributed by atoms with Crippen LogP contribution in [0.3, 0.4) is 0 Å². The van der Waals surface area contributed by atoms with Crippen LogP contribution in [-0.2, 0) is 16.1 Å². The molecule has 0 fully saturated rings. The number of rotatable bonds is 11. The maximum atomic E-state index is 11.8. The number of urea groups is 1. The van der Waals surface area contributed by atoms with Gasteiger partial charge in [-0.2, -0.15) is 0 Å². The zero-order chi connectivity index (χ0) is 16.0. The summed E-state index contributed by atoms with van der Waals surface area (Å²) >= 11 is 0. The van der Waals surface area contributed by atoms with Crippen molar-refractivity contribution in [2.24, 2.45) is 0 Å². The Morgan fingerprint density at radius 3 is 2.82 bits per heavy atom. The topological polar surface area (TPSA) is 59.6 Å². The molecule has 0 aliphatic carbocycles. The molecule has 1 rings (SSSR count). The van der Waals surface area contributed by atoms with E-state index in [0.29, 0.717) is 26.4 Å². The number of anilines is 1. The summed E-state index contributed by atoms with van der Waals surface area (Å²) in [5, 5.41) is 5.72. The Morgan fingerprint density at radius 2 is 2.05 bits per heavy atom. The third-order valence-electron chi connectivity index (χ3n) is 3.20. The highest BCUT2D eigenvalue weighted by Gasteiger charge is 2.02. The molecule has 0 aliphatic rings. The molecule has 0 saturated carbocycles. The fraction of sp³-hybridized carbons (Fsp3) is 0.588. The van der Waals surface area contributed by atoms with Gasteiger partial charge in [-0.3, -0.25) is 0 Å². The molecule has 5 heteroatoms. The van der Waals surface area contributed by atoms with Crippen LogP contribution in [0.5, 0.6) is 0 Å². The Bertz CT molecular complexity index is 424. The van der Waals surface area contributed by atoms with E-state index >= 15 is 0 Å². The molecule has 0 heterocycles. The van der Waals surface area contributed by atoms with Gasteiger partial charge >= 0.3 is 6.03 Å². The molecule has 0 aliphatic heterocycles. The SMILES string of the molecule is CCCCCCNC(=O)Nc1cccc(COCCOC)c1. The number of hydrogen-bond donors (Lipinski definition) is 2. The molecule has 0 spiro atoms. The Morgan fingerprint density at radius 1 is 1.18 bits per heavy atom. The predicted octanol–water partition coefficient (Wildman–Crippen LogP) is 3.55. The van der Waals surface area contributed by atoms with Gasteiger partial charge in [-0.05, 0) is 24.1 Å². The number of unbranched alkanes of at least 4 members (excludes halogenated alkanes) is 3. The number of ether oxygens (including phenoxy) is 2. The predicted molar refractivity (Wildman–Crippen MR) is 89.1 cm³/mol. The third-order valence-corrected chi connectivity index (χ3v) is 3.20. The zero-order valence-corrected chi connectivity index (χ0v) is 13.7. The molecule has 2 amide bonds. The summed E-state index contributed by atoms with van der Waals surface area (Å²) in [6.07, 6.45) is 4.60. The first-order chi connectivity index (χ1) is 10.8. The van der Waals surface area contributed by atoms with Crippen molar-refractivity contribution in [2.45, 2.75) is 39.2 Å². The van der Waals surface area contributed by atoms with Crippen molar-refractivity contribution in [3.05, 3.63) is 29.8 Å². The lowest BCUT2D eigenvalue weighted by Gasteiger charge is -2.09. The standard InChI is InChI=1S/C17H28N2O3/c1-3-4-5-6-10-18-17(20)19-16-9-7-8-15(13-16)14-22-12-11-21-2/h7-9,13H,3-6,10-12,14H2,1-2H3,(H2,18,19,20). The van der Waals surface area contributed by atoms with Crippen molar-refractivity contribution in [1.82, 2.24) is 5.32 Å². The minimum Gasteiger partial charge on any atom is -0.382 e. The lowest BCUT2D eigenvalue weighted by molar-refractivity contribution is 0.0617. The summed E-state index contributed by atoms with van der Waals surface area (Å²) in [5.41, 5.74) is 1.80. The maximum Gasteiger partial charge on any atom is 0.319 e. The fourth-order valence-electron chi connectivity index (χ4n) is 2.00. The van der Waals surface area contributed by atoms with Crippen LogP contribution in [0.25, 0.3) is 0 Å². The molecule has 0 radical (unpaired) electrons. The summed E-state index contributed by atoms with van der Waals surface area (Å²) in [4.78, 5) is 11.8. The number of carbonyl (C=O) groups excluding carboxylic acids is 1. The highest BCUT2D eigenvalue weighted by molar-refractivity contribution is 5.89. The summed E-state index contributed by atoms with van der Waals surface area (Å²) in [5.74, 6) is 0. The molecular weight excluding hydrogens is 280 g/mol. The van der Waals surface area contributed by atoms with Crippen LogP contribution >= 0.6 is 0 Å². The van der Waals surface area contributed by atoms with Gasteiger partial charge in [0.2, 0.25) is 0 Å². The van der Waals surface area contributed by atoms with Crippen LogP contribution in [0.15, 0.2) is 24.3 Å². The largest absolute Gasteiger partial charge is 0.382 e. The van der Waals surface area contributed by atoms with Gasteiger partial charge in [0.1, 0.15) is 0 Å². The van der Waals surface area contributed by atoms with E-state index < -0.39 is 0 Å². The Kier molecular flexibility index (Phi) is 10.1. The molecule has 0 unspecified atom stereocenters. The Labute approximate surface area is 133 Å². The highest BCUT2D eigenvalue weighted by atomic mass is 16.5. The number of nitrogens with one attached hydrogen (secondary N) is 2. The van der Waals surface area contributed by atoms with E-state index in [-0.39, 0.29) is 6.03 Å². The van der Waals surface area contributed by atoms with E-state index in [0.717, 1.165) is 24.1 Å². The number of amides is 2. The van der Waals surface area contributed by atoms with Gasteiger partial charge in [0.05, 0.1) is 19.8 Å². The minimum atomic E-state index is -0.158. The summed E-state index contributed by atoms with van der Waals surface area (Å²) < 4.78 is 10.4. The lowest BCUT2D eigenvalue weighted by Crippen LogP contribution is -2.29. The molecule has 1 aromatic carbocycles. The molecule has 0 bridgehead atoms. The van der Waals surface area contributed by atoms with Crippen molar-refractivity contribution in [3.63, 3.8) is 0 Å². The average Bonchev–Trinajstić information content (AvgIpc) is 2.52. The van der Waals surface area contributed by atoms with Crippen molar-refractivity contribution in [1.29, 1.82) is 0 Å². The zero-order valence-electron chi connectivity index (χ0n) is 13.7. The highest BCUT2D eigenvalue weighted by Crippen LogP contribution is 2.11. The van der Waals surface area contributed by atoms with Gasteiger partial charge in [-0.1, -0.05) is 38.3 Å². The van der Waals surface area contributed by atoms with E-state index in [2.05, 4.69) is 17.6 Å². The Hall–Kier alpha value is -1.59. The van der Waals surface area contributed by atoms with E-state index in [1.165, 1.54) is 12.8 Å². The first-order valence-corrected chi connectivity index (χ1v) is 7.96. The maximum absolute atomic E-state index is 11.8. The molecule has 0 aromatic heterocycles. The summed E-state index contributed by atoms with van der Waals surface area (Å²) in [7, 11) is 1.65. The van der Waals surface area contributed by atoms with Crippen LogP contribution in [-0.4, -0.2) is 32.9 Å². The molecule has 5 nitrogen and oxygen atoms in total. The van der Waals surface area contributed by atoms with Crippen LogP contribution in [0.4, 0.5) is 10.5 Å². The smallest absolute Gasteiger partial charge is 0.319 e. The first kappa shape index (κ1) is 18.5. The second-order valence-electron chi connectivity index (χ2n) is 5.19. The van der Waals surface area contributed by atoms with Gasteiger partial charge in [-0.25, -0.2) is 4.79 Å².